The van der Waals surface area contributed by atoms with Gasteiger partial charge >= 0.3 is 0 Å². The number of hydrogen-bond donors (Lipinski definition) is 2. The summed E-state index contributed by atoms with van der Waals surface area (Å²) in [5, 5.41) is 2.82. The summed E-state index contributed by atoms with van der Waals surface area (Å²) in [4.78, 5) is 15.3. The number of amides is 1. The van der Waals surface area contributed by atoms with Crippen LogP contribution < -0.4 is 11.1 Å². The molecule has 0 radical (unpaired) electrons. The van der Waals surface area contributed by atoms with Gasteiger partial charge < -0.3 is 11.1 Å². The van der Waals surface area contributed by atoms with Gasteiger partial charge in [0.05, 0.1) is 5.84 Å². The van der Waals surface area contributed by atoms with Crippen LogP contribution in [0.5, 0.6) is 0 Å². The molecule has 0 heterocycles. The van der Waals surface area contributed by atoms with E-state index in [2.05, 4.69) is 10.3 Å². The SMILES string of the molecule is CCCC(N)=NCC(=O)NC(C)(C)C. The third-order valence-corrected chi connectivity index (χ3v) is 1.45. The van der Waals surface area contributed by atoms with Crippen molar-refractivity contribution in [3.8, 4) is 0 Å². The third-order valence-electron chi connectivity index (χ3n) is 1.45. The van der Waals surface area contributed by atoms with Crippen molar-refractivity contribution in [2.24, 2.45) is 10.7 Å². The van der Waals surface area contributed by atoms with Crippen LogP contribution in [0.1, 0.15) is 40.5 Å². The fourth-order valence-corrected chi connectivity index (χ4v) is 0.966. The second-order valence-electron chi connectivity index (χ2n) is 4.36. The molecule has 0 fully saturated rings. The second kappa shape index (κ2) is 5.62. The largest absolute Gasteiger partial charge is 0.387 e. The number of nitrogens with two attached hydrogens (primary N) is 1. The van der Waals surface area contributed by atoms with E-state index >= 15 is 0 Å². The van der Waals surface area contributed by atoms with Crippen molar-refractivity contribution in [1.82, 2.24) is 5.32 Å². The van der Waals surface area contributed by atoms with Gasteiger partial charge in [-0.2, -0.15) is 0 Å². The summed E-state index contributed by atoms with van der Waals surface area (Å²) in [5.41, 5.74) is 5.36. The molecule has 1 amide bonds. The molecule has 0 atom stereocenters. The van der Waals surface area contributed by atoms with E-state index in [1.54, 1.807) is 0 Å². The van der Waals surface area contributed by atoms with E-state index in [1.807, 2.05) is 27.7 Å². The van der Waals surface area contributed by atoms with E-state index in [9.17, 15) is 4.79 Å². The highest BCUT2D eigenvalue weighted by molar-refractivity contribution is 5.85. The average molecular weight is 199 g/mol. The van der Waals surface area contributed by atoms with Gasteiger partial charge in [0.2, 0.25) is 5.91 Å². The molecule has 0 unspecified atom stereocenters. The van der Waals surface area contributed by atoms with Crippen molar-refractivity contribution in [3.63, 3.8) is 0 Å². The number of carbonyl (C=O) groups is 1. The maximum absolute atomic E-state index is 11.3. The van der Waals surface area contributed by atoms with Crippen LogP contribution in [-0.4, -0.2) is 23.8 Å². The van der Waals surface area contributed by atoms with Crippen LogP contribution in [0.3, 0.4) is 0 Å². The molecule has 0 saturated carbocycles. The zero-order valence-corrected chi connectivity index (χ0v) is 9.55. The predicted molar refractivity (Wildman–Crippen MR) is 59.3 cm³/mol. The molecule has 3 N–H and O–H groups in total. The van der Waals surface area contributed by atoms with Crippen molar-refractivity contribution in [1.29, 1.82) is 0 Å². The lowest BCUT2D eigenvalue weighted by Crippen LogP contribution is -2.42. The average Bonchev–Trinajstić information content (AvgIpc) is 1.98. The Labute approximate surface area is 86.0 Å². The van der Waals surface area contributed by atoms with Crippen molar-refractivity contribution < 1.29 is 4.79 Å². The summed E-state index contributed by atoms with van der Waals surface area (Å²) >= 11 is 0. The zero-order chi connectivity index (χ0) is 11.2. The van der Waals surface area contributed by atoms with E-state index in [0.717, 1.165) is 12.8 Å². The normalized spacial score (nSPS) is 12.7. The molecule has 0 aliphatic carbocycles. The standard InChI is InChI=1S/C10H21N3O/c1-5-6-8(11)12-7-9(14)13-10(2,3)4/h5-7H2,1-4H3,(H2,11,12)(H,13,14). The Bertz CT molecular complexity index is 216. The Morgan fingerprint density at radius 2 is 2.00 bits per heavy atom. The van der Waals surface area contributed by atoms with E-state index in [0.29, 0.717) is 5.84 Å². The van der Waals surface area contributed by atoms with Crippen molar-refractivity contribution in [3.05, 3.63) is 0 Å². The molecule has 4 heteroatoms. The number of nitrogens with zero attached hydrogens (tertiary/aromatic N) is 1. The Balaban J connectivity index is 3.90. The molecule has 4 nitrogen and oxygen atoms in total. The molecule has 0 bridgehead atoms. The van der Waals surface area contributed by atoms with Gasteiger partial charge in [-0.1, -0.05) is 6.92 Å². The monoisotopic (exact) mass is 199 g/mol. The van der Waals surface area contributed by atoms with Crippen molar-refractivity contribution in [2.75, 3.05) is 6.54 Å². The Kier molecular flexibility index (Phi) is 5.20. The van der Waals surface area contributed by atoms with Gasteiger partial charge in [0, 0.05) is 12.0 Å². The van der Waals surface area contributed by atoms with Gasteiger partial charge in [-0.15, -0.1) is 0 Å². The topological polar surface area (TPSA) is 67.5 Å². The minimum absolute atomic E-state index is 0.0865. The summed E-state index contributed by atoms with van der Waals surface area (Å²) in [5.74, 6) is 0.466. The van der Waals surface area contributed by atoms with Gasteiger partial charge in [-0.05, 0) is 27.2 Å². The molecular formula is C10H21N3O. The first-order chi connectivity index (χ1) is 6.35. The molecule has 0 aliphatic rings. The highest BCUT2D eigenvalue weighted by Crippen LogP contribution is 1.97. The summed E-state index contributed by atoms with van der Waals surface area (Å²) < 4.78 is 0. The van der Waals surface area contributed by atoms with Crippen molar-refractivity contribution in [2.45, 2.75) is 46.1 Å². The van der Waals surface area contributed by atoms with Crippen LogP contribution in [-0.2, 0) is 4.79 Å². The number of aliphatic imine (C=N–C) groups is 1. The van der Waals surface area contributed by atoms with E-state index < -0.39 is 0 Å². The number of carbonyl (C=O) groups excluding carboxylic acids is 1. The second-order valence-corrected chi connectivity index (χ2v) is 4.36. The molecule has 0 aromatic heterocycles. The summed E-state index contributed by atoms with van der Waals surface area (Å²) in [6.07, 6.45) is 1.71. The summed E-state index contributed by atoms with van der Waals surface area (Å²) in [6, 6.07) is 0. The third kappa shape index (κ3) is 7.58. The number of nitrogens with one attached hydrogen (secondary N) is 1. The highest BCUT2D eigenvalue weighted by Gasteiger charge is 2.12. The Morgan fingerprint density at radius 1 is 1.43 bits per heavy atom. The minimum atomic E-state index is -0.202. The Morgan fingerprint density at radius 3 is 2.43 bits per heavy atom. The molecule has 0 spiro atoms. The van der Waals surface area contributed by atoms with Gasteiger partial charge in [-0.25, -0.2) is 0 Å². The van der Waals surface area contributed by atoms with Gasteiger partial charge in [0.1, 0.15) is 6.54 Å². The quantitative estimate of drug-likeness (QED) is 0.525. The molecule has 0 rings (SSSR count). The lowest BCUT2D eigenvalue weighted by atomic mass is 10.1. The lowest BCUT2D eigenvalue weighted by molar-refractivity contribution is -0.121. The van der Waals surface area contributed by atoms with Gasteiger partial charge in [-0.3, -0.25) is 9.79 Å². The smallest absolute Gasteiger partial charge is 0.242 e. The summed E-state index contributed by atoms with van der Waals surface area (Å²) in [6.45, 7) is 7.96. The first-order valence-corrected chi connectivity index (χ1v) is 4.95. The fourth-order valence-electron chi connectivity index (χ4n) is 0.966. The molecule has 0 aromatic rings. The number of hydrogen-bond acceptors (Lipinski definition) is 2. The molecule has 14 heavy (non-hydrogen) atoms. The maximum atomic E-state index is 11.3. The lowest BCUT2D eigenvalue weighted by Gasteiger charge is -2.19. The van der Waals surface area contributed by atoms with Crippen LogP contribution in [0.2, 0.25) is 0 Å². The van der Waals surface area contributed by atoms with Crippen molar-refractivity contribution >= 4 is 11.7 Å². The summed E-state index contributed by atoms with van der Waals surface area (Å²) in [7, 11) is 0. The van der Waals surface area contributed by atoms with E-state index in [4.69, 9.17) is 5.73 Å². The van der Waals surface area contributed by atoms with Crippen LogP contribution in [0, 0.1) is 0 Å². The molecular weight excluding hydrogens is 178 g/mol. The molecule has 0 saturated heterocycles. The van der Waals surface area contributed by atoms with Crippen LogP contribution >= 0.6 is 0 Å². The number of amidine groups is 1. The highest BCUT2D eigenvalue weighted by atomic mass is 16.2. The van der Waals surface area contributed by atoms with Gasteiger partial charge in [0.25, 0.3) is 0 Å². The Hall–Kier alpha value is -1.06. The first-order valence-electron chi connectivity index (χ1n) is 4.95. The maximum Gasteiger partial charge on any atom is 0.242 e. The minimum Gasteiger partial charge on any atom is -0.387 e. The van der Waals surface area contributed by atoms with E-state index in [-0.39, 0.29) is 18.0 Å². The molecule has 0 aromatic carbocycles. The zero-order valence-electron chi connectivity index (χ0n) is 9.55. The molecule has 0 aliphatic heterocycles. The van der Waals surface area contributed by atoms with Crippen LogP contribution in [0.4, 0.5) is 0 Å². The van der Waals surface area contributed by atoms with E-state index in [1.165, 1.54) is 0 Å². The first kappa shape index (κ1) is 12.9. The van der Waals surface area contributed by atoms with Crippen LogP contribution in [0.25, 0.3) is 0 Å². The van der Waals surface area contributed by atoms with Gasteiger partial charge in [0.15, 0.2) is 0 Å². The fraction of sp³-hybridized carbons (Fsp3) is 0.800. The van der Waals surface area contributed by atoms with Crippen LogP contribution in [0.15, 0.2) is 4.99 Å². The number of rotatable bonds is 4. The molecule has 82 valence electrons. The predicted octanol–water partition coefficient (Wildman–Crippen LogP) is 1.06.